The molecule has 0 atom stereocenters. The second-order valence-corrected chi connectivity index (χ2v) is 2.80. The molecule has 0 unspecified atom stereocenters. The van der Waals surface area contributed by atoms with E-state index < -0.39 is 0 Å². The van der Waals surface area contributed by atoms with Crippen LogP contribution in [0.15, 0.2) is 30.7 Å². The molecule has 0 radical (unpaired) electrons. The number of aromatic amines is 1. The standard InChI is InChI=1S/C7H6FIN2/c8-6-3-1-2-4-10-5-11-7(6)9/h1-5H,(H,10,11). The van der Waals surface area contributed by atoms with Crippen molar-refractivity contribution in [2.24, 2.45) is 0 Å². The average Bonchev–Trinajstić information content (AvgIpc) is 2.07. The zero-order chi connectivity index (χ0) is 8.10. The van der Waals surface area contributed by atoms with Crippen molar-refractivity contribution in [2.45, 2.75) is 0 Å². The van der Waals surface area contributed by atoms with Gasteiger partial charge in [-0.05, 0) is 34.7 Å². The van der Waals surface area contributed by atoms with Gasteiger partial charge in [-0.3, -0.25) is 0 Å². The highest BCUT2D eigenvalue weighted by molar-refractivity contribution is 14.1. The number of hydrogen-bond donors (Lipinski definition) is 1. The minimum atomic E-state index is -0.324. The first kappa shape index (κ1) is 8.45. The van der Waals surface area contributed by atoms with Crippen molar-refractivity contribution in [3.63, 3.8) is 0 Å². The summed E-state index contributed by atoms with van der Waals surface area (Å²) in [6.07, 6.45) is 3.10. The summed E-state index contributed by atoms with van der Waals surface area (Å²) in [6, 6.07) is 4.67. The van der Waals surface area contributed by atoms with Gasteiger partial charge in [0.1, 0.15) is 3.70 Å². The molecule has 1 heterocycles. The van der Waals surface area contributed by atoms with Gasteiger partial charge in [-0.1, -0.05) is 6.07 Å². The molecule has 58 valence electrons. The fourth-order valence-electron chi connectivity index (χ4n) is 0.519. The minimum absolute atomic E-state index is 0.324. The summed E-state index contributed by atoms with van der Waals surface area (Å²) < 4.78 is 13.2. The summed E-state index contributed by atoms with van der Waals surface area (Å²) in [5.74, 6) is -0.324. The maximum absolute atomic E-state index is 12.8. The molecule has 0 aliphatic rings. The molecule has 0 saturated heterocycles. The van der Waals surface area contributed by atoms with Crippen molar-refractivity contribution in [1.29, 1.82) is 0 Å². The highest BCUT2D eigenvalue weighted by Crippen LogP contribution is 2.01. The zero-order valence-electron chi connectivity index (χ0n) is 5.59. The van der Waals surface area contributed by atoms with Gasteiger partial charge >= 0.3 is 0 Å². The number of aromatic nitrogens is 2. The molecular formula is C7H6FIN2. The second-order valence-electron chi connectivity index (χ2n) is 1.78. The van der Waals surface area contributed by atoms with Gasteiger partial charge in [-0.25, -0.2) is 9.37 Å². The van der Waals surface area contributed by atoms with E-state index in [2.05, 4.69) is 9.97 Å². The van der Waals surface area contributed by atoms with Crippen LogP contribution in [-0.4, -0.2) is 9.97 Å². The van der Waals surface area contributed by atoms with Crippen LogP contribution in [0, 0.1) is 9.52 Å². The van der Waals surface area contributed by atoms with Crippen LogP contribution in [0.5, 0.6) is 0 Å². The Morgan fingerprint density at radius 3 is 3.09 bits per heavy atom. The molecule has 0 aliphatic heterocycles. The monoisotopic (exact) mass is 264 g/mol. The van der Waals surface area contributed by atoms with Gasteiger partial charge in [0.25, 0.3) is 0 Å². The number of halogens is 2. The van der Waals surface area contributed by atoms with E-state index in [4.69, 9.17) is 0 Å². The number of nitrogens with zero attached hydrogens (tertiary/aromatic N) is 1. The highest BCUT2D eigenvalue weighted by atomic mass is 127. The smallest absolute Gasteiger partial charge is 0.155 e. The lowest BCUT2D eigenvalue weighted by atomic mass is 10.5. The molecule has 1 N–H and O–H groups in total. The molecule has 0 fully saturated rings. The van der Waals surface area contributed by atoms with E-state index >= 15 is 0 Å². The summed E-state index contributed by atoms with van der Waals surface area (Å²) in [6.45, 7) is 0. The Hall–Kier alpha value is -0.650. The first-order chi connectivity index (χ1) is 5.30. The summed E-state index contributed by atoms with van der Waals surface area (Å²) in [5.41, 5.74) is 0. The van der Waals surface area contributed by atoms with Crippen molar-refractivity contribution in [3.05, 3.63) is 40.2 Å². The predicted octanol–water partition coefficient (Wildman–Crippen LogP) is 2.28. The van der Waals surface area contributed by atoms with E-state index in [0.717, 1.165) is 0 Å². The topological polar surface area (TPSA) is 28.7 Å². The van der Waals surface area contributed by atoms with Crippen LogP contribution in [0.2, 0.25) is 0 Å². The molecular weight excluding hydrogens is 258 g/mol. The van der Waals surface area contributed by atoms with Crippen LogP contribution < -0.4 is 0 Å². The van der Waals surface area contributed by atoms with Crippen LogP contribution in [0.1, 0.15) is 0 Å². The third-order valence-electron chi connectivity index (χ3n) is 0.996. The van der Waals surface area contributed by atoms with Crippen LogP contribution in [0.3, 0.4) is 0 Å². The summed E-state index contributed by atoms with van der Waals surface area (Å²) in [5, 5.41) is 0. The third-order valence-corrected chi connectivity index (χ3v) is 1.79. The maximum atomic E-state index is 12.8. The SMILES string of the molecule is Fc1cccc[nH]cnc1I. The van der Waals surface area contributed by atoms with Crippen LogP contribution in [-0.2, 0) is 0 Å². The van der Waals surface area contributed by atoms with Gasteiger partial charge in [0, 0.05) is 6.20 Å². The quantitative estimate of drug-likeness (QED) is 0.715. The van der Waals surface area contributed by atoms with Gasteiger partial charge in [0.15, 0.2) is 5.82 Å². The molecule has 4 heteroatoms. The Balaban J connectivity index is 3.28. The summed E-state index contributed by atoms with van der Waals surface area (Å²) in [7, 11) is 0. The van der Waals surface area contributed by atoms with E-state index in [1.807, 2.05) is 22.6 Å². The minimum Gasteiger partial charge on any atom is -0.353 e. The molecule has 0 aromatic carbocycles. The van der Waals surface area contributed by atoms with Gasteiger partial charge < -0.3 is 4.98 Å². The third kappa shape index (κ3) is 2.83. The first-order valence-corrected chi connectivity index (χ1v) is 4.05. The lowest BCUT2D eigenvalue weighted by Crippen LogP contribution is -1.79. The Morgan fingerprint density at radius 1 is 1.45 bits per heavy atom. The molecule has 2 nitrogen and oxygen atoms in total. The number of hydrogen-bond acceptors (Lipinski definition) is 1. The molecule has 0 spiro atoms. The summed E-state index contributed by atoms with van der Waals surface area (Å²) in [4.78, 5) is 6.53. The van der Waals surface area contributed by atoms with E-state index in [0.29, 0.717) is 3.70 Å². The Morgan fingerprint density at radius 2 is 2.27 bits per heavy atom. The molecule has 0 aliphatic carbocycles. The lowest BCUT2D eigenvalue weighted by molar-refractivity contribution is 0.614. The van der Waals surface area contributed by atoms with Crippen molar-refractivity contribution in [1.82, 2.24) is 9.97 Å². The molecule has 1 rings (SSSR count). The fourth-order valence-corrected chi connectivity index (χ4v) is 0.838. The molecule has 0 bridgehead atoms. The Bertz CT molecular complexity index is 257. The number of H-pyrrole nitrogens is 1. The normalized spacial score (nSPS) is 8.91. The van der Waals surface area contributed by atoms with Gasteiger partial charge in [-0.2, -0.15) is 0 Å². The van der Waals surface area contributed by atoms with E-state index in [1.165, 1.54) is 12.4 Å². The predicted molar refractivity (Wildman–Crippen MR) is 48.9 cm³/mol. The van der Waals surface area contributed by atoms with Crippen LogP contribution in [0.4, 0.5) is 4.39 Å². The zero-order valence-corrected chi connectivity index (χ0v) is 7.75. The van der Waals surface area contributed by atoms with Crippen LogP contribution in [0.25, 0.3) is 0 Å². The Kier molecular flexibility index (Phi) is 3.28. The molecule has 11 heavy (non-hydrogen) atoms. The van der Waals surface area contributed by atoms with Crippen molar-refractivity contribution in [3.8, 4) is 0 Å². The second kappa shape index (κ2) is 4.27. The lowest BCUT2D eigenvalue weighted by Gasteiger charge is -1.81. The molecule has 1 aromatic heterocycles. The summed E-state index contributed by atoms with van der Waals surface area (Å²) >= 11 is 1.83. The fraction of sp³-hybridized carbons (Fsp3) is 0. The highest BCUT2D eigenvalue weighted by Gasteiger charge is 1.90. The Labute approximate surface area is 77.3 Å². The van der Waals surface area contributed by atoms with E-state index in [-0.39, 0.29) is 5.82 Å². The van der Waals surface area contributed by atoms with Gasteiger partial charge in [0.05, 0.1) is 6.33 Å². The molecule has 0 amide bonds. The van der Waals surface area contributed by atoms with Crippen LogP contribution >= 0.6 is 22.6 Å². The van der Waals surface area contributed by atoms with Crippen molar-refractivity contribution in [2.75, 3.05) is 0 Å². The molecule has 1 aromatic rings. The van der Waals surface area contributed by atoms with Gasteiger partial charge in [-0.15, -0.1) is 0 Å². The maximum Gasteiger partial charge on any atom is 0.155 e. The number of rotatable bonds is 0. The average molecular weight is 264 g/mol. The van der Waals surface area contributed by atoms with Crippen molar-refractivity contribution < 1.29 is 4.39 Å². The van der Waals surface area contributed by atoms with Crippen molar-refractivity contribution >= 4 is 22.6 Å². The van der Waals surface area contributed by atoms with E-state index in [9.17, 15) is 4.39 Å². The molecule has 0 saturated carbocycles. The first-order valence-electron chi connectivity index (χ1n) is 2.98. The van der Waals surface area contributed by atoms with E-state index in [1.54, 1.807) is 18.3 Å². The largest absolute Gasteiger partial charge is 0.353 e. The number of nitrogens with one attached hydrogen (secondary N) is 1. The van der Waals surface area contributed by atoms with Gasteiger partial charge in [0.2, 0.25) is 0 Å².